The molecule has 8 nitrogen and oxygen atoms in total. The fraction of sp³-hybridized carbons (Fsp3) is 0.560. The second-order valence-corrected chi connectivity index (χ2v) is 11.7. The number of pyridine rings is 1. The number of rotatable bonds is 6. The molecule has 4 aliphatic rings. The van der Waals surface area contributed by atoms with E-state index in [0.717, 1.165) is 47.4 Å². The van der Waals surface area contributed by atoms with Gasteiger partial charge in [0, 0.05) is 61.8 Å². The number of carbonyl (C=O) groups is 2. The van der Waals surface area contributed by atoms with E-state index in [0.29, 0.717) is 24.8 Å². The largest absolute Gasteiger partial charge is 0.367 e. The van der Waals surface area contributed by atoms with Gasteiger partial charge in [-0.25, -0.2) is 9.78 Å². The molecule has 2 aromatic rings. The van der Waals surface area contributed by atoms with Crippen molar-refractivity contribution in [3.8, 4) is 0 Å². The van der Waals surface area contributed by atoms with Gasteiger partial charge in [0.15, 0.2) is 0 Å². The van der Waals surface area contributed by atoms with Crippen molar-refractivity contribution >= 4 is 46.3 Å². The van der Waals surface area contributed by atoms with Gasteiger partial charge in [-0.15, -0.1) is 0 Å². The third-order valence-corrected chi connectivity index (χ3v) is 8.89. The van der Waals surface area contributed by atoms with Crippen molar-refractivity contribution in [3.63, 3.8) is 0 Å². The topological polar surface area (TPSA) is 80.8 Å². The number of anilines is 2. The number of piperazine rings is 1. The number of nitrogens with zero attached hydrogens (tertiary/aromatic N) is 4. The van der Waals surface area contributed by atoms with Crippen LogP contribution in [0.4, 0.5) is 16.3 Å². The molecule has 34 heavy (non-hydrogen) atoms. The van der Waals surface area contributed by atoms with Gasteiger partial charge >= 0.3 is 6.03 Å². The average Bonchev–Trinajstić information content (AvgIpc) is 3.73. The van der Waals surface area contributed by atoms with Crippen LogP contribution in [-0.2, 0) is 4.79 Å². The van der Waals surface area contributed by atoms with Gasteiger partial charge in [-0.3, -0.25) is 9.52 Å². The Hall–Kier alpha value is -2.52. The van der Waals surface area contributed by atoms with Crippen molar-refractivity contribution in [2.45, 2.75) is 43.0 Å². The molecule has 1 aliphatic heterocycles. The van der Waals surface area contributed by atoms with Crippen LogP contribution in [0, 0.1) is 11.3 Å². The highest BCUT2D eigenvalue weighted by atomic mass is 32.2. The smallest absolute Gasteiger partial charge is 0.319 e. The lowest BCUT2D eigenvalue weighted by molar-refractivity contribution is -0.119. The lowest BCUT2D eigenvalue weighted by Gasteiger charge is -2.37. The van der Waals surface area contributed by atoms with Crippen LogP contribution in [0.25, 0.3) is 10.9 Å². The maximum absolute atomic E-state index is 12.6. The molecule has 1 aromatic carbocycles. The molecule has 3 aliphatic carbocycles. The first-order valence-corrected chi connectivity index (χ1v) is 13.0. The highest BCUT2D eigenvalue weighted by Crippen LogP contribution is 2.75. The van der Waals surface area contributed by atoms with Gasteiger partial charge in [-0.1, -0.05) is 0 Å². The maximum atomic E-state index is 12.6. The van der Waals surface area contributed by atoms with Crippen molar-refractivity contribution < 1.29 is 9.59 Å². The van der Waals surface area contributed by atoms with Crippen LogP contribution in [0.1, 0.15) is 32.6 Å². The summed E-state index contributed by atoms with van der Waals surface area (Å²) in [6.45, 7) is 5.18. The number of urea groups is 1. The van der Waals surface area contributed by atoms with Crippen LogP contribution < -0.4 is 14.9 Å². The molecule has 2 N–H and O–H groups in total. The molecule has 3 amide bonds. The minimum absolute atomic E-state index is 0.0609. The van der Waals surface area contributed by atoms with Crippen molar-refractivity contribution in [1.82, 2.24) is 19.5 Å². The highest BCUT2D eigenvalue weighted by Gasteiger charge is 2.74. The van der Waals surface area contributed by atoms with E-state index in [1.807, 2.05) is 11.0 Å². The summed E-state index contributed by atoms with van der Waals surface area (Å²) in [7, 11) is 3.59. The number of carbonyl (C=O) groups excluding carboxylic acids is 2. The molecule has 0 atom stereocenters. The van der Waals surface area contributed by atoms with E-state index < -0.39 is 0 Å². The zero-order chi connectivity index (χ0) is 23.7. The van der Waals surface area contributed by atoms with Crippen molar-refractivity contribution in [1.29, 1.82) is 0 Å². The second-order valence-electron chi connectivity index (χ2n) is 10.8. The van der Waals surface area contributed by atoms with Crippen molar-refractivity contribution in [3.05, 3.63) is 24.3 Å². The summed E-state index contributed by atoms with van der Waals surface area (Å²) in [4.78, 5) is 36.8. The van der Waals surface area contributed by atoms with Gasteiger partial charge in [-0.2, -0.15) is 0 Å². The molecule has 1 aromatic heterocycles. The average molecular weight is 481 g/mol. The SMILES string of the molecule is CN(C)C(=O)N1CCN(c2cc(SNC3(C)CC3)cc3nc(NC(=O)C45CC4C5)ccc23)CC1. The predicted octanol–water partition coefficient (Wildman–Crippen LogP) is 3.54. The highest BCUT2D eigenvalue weighted by molar-refractivity contribution is 7.97. The van der Waals surface area contributed by atoms with Gasteiger partial charge in [0.25, 0.3) is 0 Å². The van der Waals surface area contributed by atoms with E-state index in [1.165, 1.54) is 12.8 Å². The monoisotopic (exact) mass is 480 g/mol. The van der Waals surface area contributed by atoms with Crippen molar-refractivity contribution in [2.75, 3.05) is 50.5 Å². The number of aromatic nitrogens is 1. The number of fused-ring (bicyclic) bond motifs is 2. The Kier molecular flexibility index (Phi) is 5.01. The molecule has 0 unspecified atom stereocenters. The van der Waals surface area contributed by atoms with E-state index in [-0.39, 0.29) is 22.9 Å². The Balaban J connectivity index is 1.27. The molecule has 1 saturated heterocycles. The minimum Gasteiger partial charge on any atom is -0.367 e. The number of amides is 3. The molecule has 6 rings (SSSR count). The third-order valence-electron chi connectivity index (χ3n) is 7.82. The minimum atomic E-state index is -0.0766. The van der Waals surface area contributed by atoms with E-state index in [4.69, 9.17) is 4.98 Å². The van der Waals surface area contributed by atoms with E-state index in [2.05, 4.69) is 40.1 Å². The number of hydrogen-bond donors (Lipinski definition) is 2. The Morgan fingerprint density at radius 1 is 1.12 bits per heavy atom. The molecule has 0 radical (unpaired) electrons. The first kappa shape index (κ1) is 22.0. The summed E-state index contributed by atoms with van der Waals surface area (Å²) >= 11 is 1.66. The molecule has 9 heteroatoms. The van der Waals surface area contributed by atoms with Gasteiger partial charge < -0.3 is 20.0 Å². The summed E-state index contributed by atoms with van der Waals surface area (Å²) in [5.74, 6) is 1.36. The molecule has 4 fully saturated rings. The molecular formula is C25H32N6O2S. The van der Waals surface area contributed by atoms with Crippen LogP contribution in [0.15, 0.2) is 29.2 Å². The Morgan fingerprint density at radius 3 is 2.44 bits per heavy atom. The molecule has 3 saturated carbocycles. The van der Waals surface area contributed by atoms with E-state index >= 15 is 0 Å². The number of hydrogen-bond acceptors (Lipinski definition) is 6. The molecular weight excluding hydrogens is 448 g/mol. The first-order chi connectivity index (χ1) is 16.3. The van der Waals surface area contributed by atoms with Crippen LogP contribution in [0.5, 0.6) is 0 Å². The molecule has 0 bridgehead atoms. The summed E-state index contributed by atoms with van der Waals surface area (Å²) in [5.41, 5.74) is 2.15. The van der Waals surface area contributed by atoms with Crippen LogP contribution in [0.2, 0.25) is 0 Å². The fourth-order valence-corrected chi connectivity index (χ4v) is 5.70. The maximum Gasteiger partial charge on any atom is 0.319 e. The van der Waals surface area contributed by atoms with Gasteiger partial charge in [-0.05, 0) is 74.7 Å². The zero-order valence-corrected chi connectivity index (χ0v) is 20.9. The zero-order valence-electron chi connectivity index (χ0n) is 20.1. The lowest BCUT2D eigenvalue weighted by atomic mass is 10.1. The molecule has 180 valence electrons. The third kappa shape index (κ3) is 3.98. The molecule has 0 spiro atoms. The Morgan fingerprint density at radius 2 is 1.82 bits per heavy atom. The lowest BCUT2D eigenvalue weighted by Crippen LogP contribution is -2.51. The predicted molar refractivity (Wildman–Crippen MR) is 135 cm³/mol. The van der Waals surface area contributed by atoms with Gasteiger partial charge in [0.2, 0.25) is 5.91 Å². The summed E-state index contributed by atoms with van der Waals surface area (Å²) < 4.78 is 3.60. The van der Waals surface area contributed by atoms with E-state index in [9.17, 15) is 9.59 Å². The molecule has 2 heterocycles. The number of benzene rings is 1. The van der Waals surface area contributed by atoms with Crippen LogP contribution >= 0.6 is 11.9 Å². The van der Waals surface area contributed by atoms with Gasteiger partial charge in [0.05, 0.1) is 10.9 Å². The Bertz CT molecular complexity index is 1170. The van der Waals surface area contributed by atoms with Gasteiger partial charge in [0.1, 0.15) is 5.82 Å². The second kappa shape index (κ2) is 7.75. The van der Waals surface area contributed by atoms with E-state index in [1.54, 1.807) is 30.9 Å². The van der Waals surface area contributed by atoms with Crippen LogP contribution in [0.3, 0.4) is 0 Å². The summed E-state index contributed by atoms with van der Waals surface area (Å²) in [6.07, 6.45) is 4.45. The van der Waals surface area contributed by atoms with Crippen LogP contribution in [-0.4, -0.2) is 72.5 Å². The standard InChI is InChI=1S/C25H32N6O2S/c1-24(6-7-24)28-34-17-12-19-18(4-5-21(26-19)27-22(32)25-14-16(25)15-25)20(13-17)30-8-10-31(11-9-30)23(33)29(2)3/h4-5,12-13,16,28H,6-11,14-15H2,1-3H3,(H,26,27,32). The van der Waals surface area contributed by atoms with Crippen molar-refractivity contribution in [2.24, 2.45) is 11.3 Å². The normalized spacial score (nSPS) is 26.1. The fourth-order valence-electron chi connectivity index (χ4n) is 4.79. The Labute approximate surface area is 204 Å². The quantitative estimate of drug-likeness (QED) is 0.616. The summed E-state index contributed by atoms with van der Waals surface area (Å²) in [5, 5.41) is 4.13. The summed E-state index contributed by atoms with van der Waals surface area (Å²) in [6, 6.07) is 8.39. The number of nitrogens with one attached hydrogen (secondary N) is 2. The first-order valence-electron chi connectivity index (χ1n) is 12.2.